The second kappa shape index (κ2) is 10.6. The third-order valence-electron chi connectivity index (χ3n) is 6.74. The fraction of sp³-hybridized carbons (Fsp3) is 0.440. The molecule has 2 atom stereocenters. The van der Waals surface area contributed by atoms with Gasteiger partial charge < -0.3 is 30.1 Å². The maximum absolute atomic E-state index is 12.8. The van der Waals surface area contributed by atoms with E-state index in [4.69, 9.17) is 20.2 Å². The molecule has 194 valence electrons. The van der Waals surface area contributed by atoms with Gasteiger partial charge in [-0.25, -0.2) is 15.0 Å². The molecule has 1 aliphatic carbocycles. The first-order valence-electron chi connectivity index (χ1n) is 12.2. The van der Waals surface area contributed by atoms with E-state index in [1.54, 1.807) is 54.8 Å². The van der Waals surface area contributed by atoms with Crippen LogP contribution in [0.15, 0.2) is 42.9 Å². The van der Waals surface area contributed by atoms with E-state index in [1.165, 1.54) is 0 Å². The number of aliphatic hydroxyl groups excluding tert-OH is 1. The summed E-state index contributed by atoms with van der Waals surface area (Å²) in [5.74, 6) is 0.769. The van der Waals surface area contributed by atoms with Gasteiger partial charge in [-0.3, -0.25) is 9.78 Å². The third-order valence-corrected chi connectivity index (χ3v) is 6.74. The second-order valence-electron chi connectivity index (χ2n) is 9.31. The number of aliphatic hydroxyl groups is 1. The van der Waals surface area contributed by atoms with Crippen molar-refractivity contribution in [3.63, 3.8) is 0 Å². The number of likely N-dealkylation sites (N-methyl/N-ethyl adjacent to an activating group) is 1. The first-order valence-corrected chi connectivity index (χ1v) is 12.2. The predicted molar refractivity (Wildman–Crippen MR) is 135 cm³/mol. The van der Waals surface area contributed by atoms with Crippen molar-refractivity contribution in [2.45, 2.75) is 44.1 Å². The Morgan fingerprint density at radius 3 is 2.73 bits per heavy atom. The van der Waals surface area contributed by atoms with E-state index >= 15 is 0 Å². The topological polar surface area (TPSA) is 153 Å². The minimum Gasteiger partial charge on any atom is -0.474 e. The van der Waals surface area contributed by atoms with Crippen LogP contribution in [0.5, 0.6) is 5.88 Å². The van der Waals surface area contributed by atoms with E-state index in [-0.39, 0.29) is 24.1 Å². The van der Waals surface area contributed by atoms with Crippen molar-refractivity contribution in [2.24, 2.45) is 0 Å². The van der Waals surface area contributed by atoms with Gasteiger partial charge in [0, 0.05) is 62.7 Å². The Morgan fingerprint density at radius 2 is 2.03 bits per heavy atom. The standard InChI is InChI=1S/C25H30N8O4/c1-15-14-36-8-7-33(15)25-30-20(16-12-28-24(26)29-13-16)11-21(31-25)37-18-9-17(10-18)32(2)23(35)22(34)19-5-3-4-6-27-19/h3-6,11-13,15,17-18,22,34H,7-10,14H2,1-2H3,(H2,26,28,29)/t15-,17-,18-,22?/m0/s1. The molecule has 2 fully saturated rings. The van der Waals surface area contributed by atoms with Gasteiger partial charge in [-0.1, -0.05) is 6.07 Å². The molecule has 3 aromatic heterocycles. The molecule has 1 saturated carbocycles. The molecule has 0 aromatic carbocycles. The highest BCUT2D eigenvalue weighted by Gasteiger charge is 2.38. The number of anilines is 2. The molecule has 1 aliphatic heterocycles. The van der Waals surface area contributed by atoms with E-state index < -0.39 is 12.0 Å². The van der Waals surface area contributed by atoms with Crippen molar-refractivity contribution in [2.75, 3.05) is 37.4 Å². The number of carbonyl (C=O) groups is 1. The molecule has 5 rings (SSSR count). The van der Waals surface area contributed by atoms with Crippen LogP contribution in [0.1, 0.15) is 31.6 Å². The summed E-state index contributed by atoms with van der Waals surface area (Å²) in [4.78, 5) is 38.1. The predicted octanol–water partition coefficient (Wildman–Crippen LogP) is 1.24. The lowest BCUT2D eigenvalue weighted by Gasteiger charge is -2.41. The summed E-state index contributed by atoms with van der Waals surface area (Å²) >= 11 is 0. The Bertz CT molecular complexity index is 1220. The molecule has 0 spiro atoms. The molecule has 4 heterocycles. The summed E-state index contributed by atoms with van der Waals surface area (Å²) in [6, 6.07) is 6.93. The first-order chi connectivity index (χ1) is 17.9. The maximum Gasteiger partial charge on any atom is 0.257 e. The monoisotopic (exact) mass is 506 g/mol. The van der Waals surface area contributed by atoms with Crippen molar-refractivity contribution < 1.29 is 19.4 Å². The summed E-state index contributed by atoms with van der Waals surface area (Å²) in [7, 11) is 1.69. The van der Waals surface area contributed by atoms with Crippen LogP contribution in [0, 0.1) is 0 Å². The van der Waals surface area contributed by atoms with Crippen LogP contribution in [-0.4, -0.2) is 85.8 Å². The Kier molecular flexibility index (Phi) is 7.10. The van der Waals surface area contributed by atoms with Crippen LogP contribution < -0.4 is 15.4 Å². The zero-order chi connectivity index (χ0) is 25.9. The van der Waals surface area contributed by atoms with Crippen LogP contribution in [0.4, 0.5) is 11.9 Å². The van der Waals surface area contributed by atoms with Gasteiger partial charge in [-0.05, 0) is 19.1 Å². The maximum atomic E-state index is 12.8. The molecule has 0 bridgehead atoms. The second-order valence-corrected chi connectivity index (χ2v) is 9.31. The molecule has 12 nitrogen and oxygen atoms in total. The number of pyridine rings is 1. The van der Waals surface area contributed by atoms with Crippen molar-refractivity contribution in [3.05, 3.63) is 48.5 Å². The normalized spacial score (nSPS) is 22.1. The summed E-state index contributed by atoms with van der Waals surface area (Å²) < 4.78 is 11.8. The number of hydrogen-bond donors (Lipinski definition) is 2. The van der Waals surface area contributed by atoms with Crippen LogP contribution >= 0.6 is 0 Å². The van der Waals surface area contributed by atoms with E-state index in [1.807, 2.05) is 0 Å². The Hall–Kier alpha value is -3.90. The molecule has 1 unspecified atom stereocenters. The summed E-state index contributed by atoms with van der Waals surface area (Å²) in [6.07, 6.45) is 4.60. The molecule has 1 amide bonds. The third kappa shape index (κ3) is 5.44. The number of nitrogen functional groups attached to an aromatic ring is 1. The van der Waals surface area contributed by atoms with Crippen LogP contribution in [0.3, 0.4) is 0 Å². The smallest absolute Gasteiger partial charge is 0.257 e. The number of ether oxygens (including phenoxy) is 2. The molecular weight excluding hydrogens is 476 g/mol. The number of carbonyl (C=O) groups excluding carboxylic acids is 1. The Morgan fingerprint density at radius 1 is 1.24 bits per heavy atom. The molecule has 12 heteroatoms. The lowest BCUT2D eigenvalue weighted by Crippen LogP contribution is -2.51. The molecule has 37 heavy (non-hydrogen) atoms. The van der Waals surface area contributed by atoms with Gasteiger partial charge in [0.1, 0.15) is 6.10 Å². The lowest BCUT2D eigenvalue weighted by molar-refractivity contribution is -0.145. The summed E-state index contributed by atoms with van der Waals surface area (Å²) in [5.41, 5.74) is 7.31. The van der Waals surface area contributed by atoms with Crippen LogP contribution in [-0.2, 0) is 9.53 Å². The van der Waals surface area contributed by atoms with E-state index in [9.17, 15) is 9.90 Å². The molecule has 3 aromatic rings. The van der Waals surface area contributed by atoms with E-state index in [0.29, 0.717) is 61.4 Å². The average molecular weight is 507 g/mol. The number of nitrogens with two attached hydrogens (primary N) is 1. The number of rotatable bonds is 7. The van der Waals surface area contributed by atoms with Crippen molar-refractivity contribution in [1.82, 2.24) is 29.8 Å². The number of aromatic nitrogens is 5. The van der Waals surface area contributed by atoms with Crippen molar-refractivity contribution in [1.29, 1.82) is 0 Å². The van der Waals surface area contributed by atoms with Gasteiger partial charge in [-0.2, -0.15) is 4.98 Å². The lowest BCUT2D eigenvalue weighted by atomic mass is 9.87. The largest absolute Gasteiger partial charge is 0.474 e. The number of morpholine rings is 1. The van der Waals surface area contributed by atoms with E-state index in [2.05, 4.69) is 31.8 Å². The molecule has 3 N–H and O–H groups in total. The molecule has 0 radical (unpaired) electrons. The van der Waals surface area contributed by atoms with Gasteiger partial charge in [0.25, 0.3) is 5.91 Å². The van der Waals surface area contributed by atoms with Gasteiger partial charge in [0.2, 0.25) is 17.8 Å². The summed E-state index contributed by atoms with van der Waals surface area (Å²) in [6.45, 7) is 3.90. The van der Waals surface area contributed by atoms with Crippen molar-refractivity contribution in [3.8, 4) is 17.1 Å². The molecule has 1 saturated heterocycles. The quantitative estimate of drug-likeness (QED) is 0.476. The highest BCUT2D eigenvalue weighted by atomic mass is 16.5. The zero-order valence-electron chi connectivity index (χ0n) is 20.8. The van der Waals surface area contributed by atoms with Crippen LogP contribution in [0.25, 0.3) is 11.3 Å². The van der Waals surface area contributed by atoms with Crippen LogP contribution in [0.2, 0.25) is 0 Å². The number of amides is 1. The first kappa shape index (κ1) is 24.8. The zero-order valence-corrected chi connectivity index (χ0v) is 20.8. The van der Waals surface area contributed by atoms with Crippen molar-refractivity contribution >= 4 is 17.8 Å². The Balaban J connectivity index is 1.29. The van der Waals surface area contributed by atoms with E-state index in [0.717, 1.165) is 0 Å². The number of nitrogens with zero attached hydrogens (tertiary/aromatic N) is 7. The fourth-order valence-electron chi connectivity index (χ4n) is 4.40. The molecular formula is C25H30N8O4. The van der Waals surface area contributed by atoms with Gasteiger partial charge in [-0.15, -0.1) is 0 Å². The average Bonchev–Trinajstić information content (AvgIpc) is 2.90. The highest BCUT2D eigenvalue weighted by molar-refractivity contribution is 5.81. The molecule has 2 aliphatic rings. The minimum atomic E-state index is -1.30. The summed E-state index contributed by atoms with van der Waals surface area (Å²) in [5, 5.41) is 10.4. The Labute approximate surface area is 214 Å². The SMILES string of the molecule is C[C@H]1COCCN1c1nc(O[C@H]2C[C@H](N(C)C(=O)C(O)c3ccccn3)C2)cc(-c2cnc(N)nc2)n1. The minimum absolute atomic E-state index is 0.0543. The van der Waals surface area contributed by atoms with Gasteiger partial charge in [0.15, 0.2) is 6.10 Å². The fourth-order valence-corrected chi connectivity index (χ4v) is 4.40. The number of hydrogen-bond acceptors (Lipinski definition) is 11. The highest BCUT2D eigenvalue weighted by Crippen LogP contribution is 2.32. The van der Waals surface area contributed by atoms with Gasteiger partial charge >= 0.3 is 0 Å². The van der Waals surface area contributed by atoms with Gasteiger partial charge in [0.05, 0.1) is 30.6 Å².